The zero-order valence-corrected chi connectivity index (χ0v) is 12.5. The first-order valence-electron chi connectivity index (χ1n) is 5.10. The normalized spacial score (nSPS) is 10.2. The lowest BCUT2D eigenvalue weighted by Crippen LogP contribution is -1.89. The molecular formula is C13H11IN2S. The van der Waals surface area contributed by atoms with Gasteiger partial charge in [0.25, 0.3) is 0 Å². The Kier molecular flexibility index (Phi) is 3.40. The number of halogens is 1. The molecule has 0 spiro atoms. The highest BCUT2D eigenvalue weighted by Gasteiger charge is 2.15. The van der Waals surface area contributed by atoms with Gasteiger partial charge in [0.1, 0.15) is 10.9 Å². The maximum absolute atomic E-state index is 9.01. The first-order valence-corrected chi connectivity index (χ1v) is 7.00. The molecule has 0 radical (unpaired) electrons. The van der Waals surface area contributed by atoms with Gasteiger partial charge in [0.05, 0.1) is 5.69 Å². The predicted octanol–water partition coefficient (Wildman–Crippen LogP) is 4.09. The Labute approximate surface area is 118 Å². The van der Waals surface area contributed by atoms with Gasteiger partial charge in [-0.05, 0) is 47.6 Å². The minimum Gasteiger partial charge on any atom is -0.397 e. The summed E-state index contributed by atoms with van der Waals surface area (Å²) in [6.07, 6.45) is 0. The first kappa shape index (κ1) is 12.4. The second kappa shape index (κ2) is 4.67. The molecule has 2 nitrogen and oxygen atoms in total. The monoisotopic (exact) mass is 354 g/mol. The zero-order valence-electron chi connectivity index (χ0n) is 9.54. The van der Waals surface area contributed by atoms with E-state index in [1.54, 1.807) is 0 Å². The maximum atomic E-state index is 9.01. The molecule has 1 aromatic heterocycles. The SMILES string of the molecule is Cc1cccc(-c2sc(C#N)c(N)c2C)c1I. The Morgan fingerprint density at radius 2 is 2.06 bits per heavy atom. The minimum atomic E-state index is 0.606. The number of nitriles is 1. The lowest BCUT2D eigenvalue weighted by atomic mass is 10.1. The predicted molar refractivity (Wildman–Crippen MR) is 81.1 cm³/mol. The zero-order chi connectivity index (χ0) is 12.6. The van der Waals surface area contributed by atoms with Gasteiger partial charge in [-0.1, -0.05) is 18.2 Å². The molecule has 1 aromatic carbocycles. The van der Waals surface area contributed by atoms with Crippen molar-refractivity contribution in [1.82, 2.24) is 0 Å². The smallest absolute Gasteiger partial charge is 0.128 e. The van der Waals surface area contributed by atoms with E-state index in [2.05, 4.69) is 47.7 Å². The molecule has 2 rings (SSSR count). The van der Waals surface area contributed by atoms with E-state index in [0.717, 1.165) is 10.4 Å². The minimum absolute atomic E-state index is 0.606. The Hall–Kier alpha value is -1.06. The van der Waals surface area contributed by atoms with E-state index in [4.69, 9.17) is 11.0 Å². The summed E-state index contributed by atoms with van der Waals surface area (Å²) in [5, 5.41) is 9.01. The van der Waals surface area contributed by atoms with Crippen LogP contribution in [0.1, 0.15) is 16.0 Å². The Bertz CT molecular complexity index is 623. The van der Waals surface area contributed by atoms with Crippen LogP contribution in [0.4, 0.5) is 5.69 Å². The van der Waals surface area contributed by atoms with Gasteiger partial charge in [-0.2, -0.15) is 5.26 Å². The fraction of sp³-hybridized carbons (Fsp3) is 0.154. The van der Waals surface area contributed by atoms with Gasteiger partial charge in [-0.15, -0.1) is 11.3 Å². The van der Waals surface area contributed by atoms with Crippen LogP contribution in [0.15, 0.2) is 18.2 Å². The summed E-state index contributed by atoms with van der Waals surface area (Å²) in [5.74, 6) is 0. The van der Waals surface area contributed by atoms with E-state index >= 15 is 0 Å². The standard InChI is InChI=1S/C13H11IN2S/c1-7-4-3-5-9(11(7)14)13-8(2)12(16)10(6-15)17-13/h3-5H,16H2,1-2H3. The van der Waals surface area contributed by atoms with Crippen LogP contribution >= 0.6 is 33.9 Å². The van der Waals surface area contributed by atoms with E-state index in [1.807, 2.05) is 13.0 Å². The van der Waals surface area contributed by atoms with Crippen molar-refractivity contribution >= 4 is 39.6 Å². The van der Waals surface area contributed by atoms with Gasteiger partial charge in [0.2, 0.25) is 0 Å². The molecule has 0 aliphatic heterocycles. The number of anilines is 1. The molecule has 86 valence electrons. The summed E-state index contributed by atoms with van der Waals surface area (Å²) < 4.78 is 1.22. The Morgan fingerprint density at radius 1 is 1.35 bits per heavy atom. The van der Waals surface area contributed by atoms with Gasteiger partial charge in [-0.3, -0.25) is 0 Å². The van der Waals surface area contributed by atoms with Crippen LogP contribution in [0.3, 0.4) is 0 Å². The van der Waals surface area contributed by atoms with Crippen molar-refractivity contribution in [2.24, 2.45) is 0 Å². The topological polar surface area (TPSA) is 49.8 Å². The third kappa shape index (κ3) is 2.05. The summed E-state index contributed by atoms with van der Waals surface area (Å²) in [4.78, 5) is 1.71. The van der Waals surface area contributed by atoms with Crippen molar-refractivity contribution in [3.05, 3.63) is 37.8 Å². The molecule has 0 aliphatic carbocycles. The molecule has 0 atom stereocenters. The highest BCUT2D eigenvalue weighted by molar-refractivity contribution is 14.1. The van der Waals surface area contributed by atoms with E-state index in [9.17, 15) is 0 Å². The third-order valence-corrected chi connectivity index (χ3v) is 5.41. The van der Waals surface area contributed by atoms with Crippen LogP contribution < -0.4 is 5.73 Å². The second-order valence-electron chi connectivity index (χ2n) is 3.85. The lowest BCUT2D eigenvalue weighted by Gasteiger charge is -2.06. The fourth-order valence-electron chi connectivity index (χ4n) is 1.69. The molecule has 0 fully saturated rings. The third-order valence-electron chi connectivity index (χ3n) is 2.73. The van der Waals surface area contributed by atoms with Crippen LogP contribution in [0.2, 0.25) is 0 Å². The van der Waals surface area contributed by atoms with E-state index < -0.39 is 0 Å². The molecule has 2 aromatic rings. The van der Waals surface area contributed by atoms with Crippen molar-refractivity contribution in [2.45, 2.75) is 13.8 Å². The van der Waals surface area contributed by atoms with Crippen molar-refractivity contribution in [3.63, 3.8) is 0 Å². The Morgan fingerprint density at radius 3 is 2.65 bits per heavy atom. The summed E-state index contributed by atoms with van der Waals surface area (Å²) >= 11 is 3.81. The van der Waals surface area contributed by atoms with Crippen molar-refractivity contribution in [2.75, 3.05) is 5.73 Å². The van der Waals surface area contributed by atoms with E-state index in [-0.39, 0.29) is 0 Å². The van der Waals surface area contributed by atoms with Crippen molar-refractivity contribution in [3.8, 4) is 16.5 Å². The largest absolute Gasteiger partial charge is 0.397 e. The number of benzene rings is 1. The second-order valence-corrected chi connectivity index (χ2v) is 5.95. The van der Waals surface area contributed by atoms with Crippen LogP contribution in [0.5, 0.6) is 0 Å². The number of thiophene rings is 1. The summed E-state index contributed by atoms with van der Waals surface area (Å²) in [6.45, 7) is 4.06. The number of nitrogen functional groups attached to an aromatic ring is 1. The van der Waals surface area contributed by atoms with Gasteiger partial charge < -0.3 is 5.73 Å². The summed E-state index contributed by atoms with van der Waals surface area (Å²) in [5.41, 5.74) is 9.96. The van der Waals surface area contributed by atoms with Crippen LogP contribution in [0.25, 0.3) is 10.4 Å². The van der Waals surface area contributed by atoms with E-state index in [1.165, 1.54) is 26.0 Å². The Balaban J connectivity index is 2.70. The number of nitrogens with two attached hydrogens (primary N) is 1. The fourth-order valence-corrected chi connectivity index (χ4v) is 3.56. The van der Waals surface area contributed by atoms with Crippen molar-refractivity contribution < 1.29 is 0 Å². The first-order chi connectivity index (χ1) is 8.06. The highest BCUT2D eigenvalue weighted by Crippen LogP contribution is 2.40. The number of hydrogen-bond donors (Lipinski definition) is 1. The summed E-state index contributed by atoms with van der Waals surface area (Å²) in [6, 6.07) is 8.35. The average molecular weight is 354 g/mol. The maximum Gasteiger partial charge on any atom is 0.128 e. The molecule has 0 aliphatic rings. The van der Waals surface area contributed by atoms with Gasteiger partial charge >= 0.3 is 0 Å². The van der Waals surface area contributed by atoms with Gasteiger partial charge in [0, 0.05) is 14.0 Å². The number of hydrogen-bond acceptors (Lipinski definition) is 3. The highest BCUT2D eigenvalue weighted by atomic mass is 127. The molecule has 1 heterocycles. The van der Waals surface area contributed by atoms with Crippen LogP contribution in [-0.2, 0) is 0 Å². The number of aryl methyl sites for hydroxylation is 1. The summed E-state index contributed by atoms with van der Waals surface area (Å²) in [7, 11) is 0. The molecular weight excluding hydrogens is 343 g/mol. The van der Waals surface area contributed by atoms with Crippen LogP contribution in [0, 0.1) is 28.7 Å². The van der Waals surface area contributed by atoms with Crippen LogP contribution in [-0.4, -0.2) is 0 Å². The molecule has 0 amide bonds. The molecule has 4 heteroatoms. The van der Waals surface area contributed by atoms with E-state index in [0.29, 0.717) is 10.6 Å². The molecule has 0 saturated heterocycles. The molecule has 2 N–H and O–H groups in total. The average Bonchev–Trinajstić information content (AvgIpc) is 2.60. The molecule has 17 heavy (non-hydrogen) atoms. The van der Waals surface area contributed by atoms with Gasteiger partial charge in [0.15, 0.2) is 0 Å². The number of rotatable bonds is 1. The van der Waals surface area contributed by atoms with Gasteiger partial charge in [-0.25, -0.2) is 0 Å². The van der Waals surface area contributed by atoms with Crippen molar-refractivity contribution in [1.29, 1.82) is 5.26 Å². The quantitative estimate of drug-likeness (QED) is 0.785. The number of nitrogens with zero attached hydrogens (tertiary/aromatic N) is 1. The lowest BCUT2D eigenvalue weighted by molar-refractivity contribution is 1.42. The molecule has 0 unspecified atom stereocenters. The molecule has 0 bridgehead atoms. The molecule has 0 saturated carbocycles.